The number of nitrogens with zero attached hydrogens (tertiary/aromatic N) is 3. The average Bonchev–Trinajstić information content (AvgIpc) is 2.78. The molecule has 0 aromatic carbocycles. The van der Waals surface area contributed by atoms with Crippen molar-refractivity contribution < 1.29 is 9.84 Å². The molecule has 0 saturated carbocycles. The van der Waals surface area contributed by atoms with Crippen molar-refractivity contribution in [2.24, 2.45) is 0 Å². The molecule has 0 spiro atoms. The second-order valence-electron chi connectivity index (χ2n) is 5.19. The molecule has 5 heteroatoms. The van der Waals surface area contributed by atoms with E-state index in [1.54, 1.807) is 13.3 Å². The zero-order chi connectivity index (χ0) is 13.3. The molecule has 1 aromatic heterocycles. The van der Waals surface area contributed by atoms with Crippen LogP contribution in [0, 0.1) is 0 Å². The van der Waals surface area contributed by atoms with E-state index in [0.717, 1.165) is 25.2 Å². The van der Waals surface area contributed by atoms with Crippen LogP contribution in [0.2, 0.25) is 0 Å². The molecule has 1 fully saturated rings. The molecule has 1 aromatic rings. The number of aromatic nitrogens is 2. The van der Waals surface area contributed by atoms with Gasteiger partial charge in [-0.3, -0.25) is 4.68 Å². The zero-order valence-electron chi connectivity index (χ0n) is 11.7. The van der Waals surface area contributed by atoms with Crippen LogP contribution in [-0.2, 0) is 12.1 Å². The van der Waals surface area contributed by atoms with Crippen molar-refractivity contribution in [2.45, 2.75) is 44.9 Å². The van der Waals surface area contributed by atoms with Crippen LogP contribution in [0.1, 0.15) is 32.4 Å². The first kappa shape index (κ1) is 13.4. The van der Waals surface area contributed by atoms with Crippen molar-refractivity contribution in [3.05, 3.63) is 11.9 Å². The molecule has 18 heavy (non-hydrogen) atoms. The van der Waals surface area contributed by atoms with E-state index in [-0.39, 0.29) is 0 Å². The van der Waals surface area contributed by atoms with Crippen molar-refractivity contribution in [2.75, 3.05) is 20.7 Å². The fourth-order valence-electron chi connectivity index (χ4n) is 2.77. The molecule has 2 unspecified atom stereocenters. The second kappa shape index (κ2) is 4.90. The van der Waals surface area contributed by atoms with Crippen LogP contribution in [0.25, 0.3) is 0 Å². The van der Waals surface area contributed by atoms with Gasteiger partial charge < -0.3 is 14.7 Å². The Bertz CT molecular complexity index is 397. The third-order valence-corrected chi connectivity index (χ3v) is 4.03. The second-order valence-corrected chi connectivity index (χ2v) is 5.19. The van der Waals surface area contributed by atoms with Gasteiger partial charge in [0.15, 0.2) is 5.75 Å². The fraction of sp³-hybridized carbons (Fsp3) is 0.769. The summed E-state index contributed by atoms with van der Waals surface area (Å²) >= 11 is 0. The minimum atomic E-state index is -0.830. The first-order valence-corrected chi connectivity index (χ1v) is 6.54. The predicted molar refractivity (Wildman–Crippen MR) is 69.7 cm³/mol. The number of rotatable bonds is 3. The van der Waals surface area contributed by atoms with Crippen molar-refractivity contribution in [1.82, 2.24) is 14.7 Å². The summed E-state index contributed by atoms with van der Waals surface area (Å²) < 4.78 is 7.20. The van der Waals surface area contributed by atoms with Gasteiger partial charge in [0.05, 0.1) is 13.3 Å². The van der Waals surface area contributed by atoms with Gasteiger partial charge in [-0.2, -0.15) is 5.10 Å². The van der Waals surface area contributed by atoms with Crippen LogP contribution in [0.15, 0.2) is 6.20 Å². The Morgan fingerprint density at radius 2 is 2.33 bits per heavy atom. The van der Waals surface area contributed by atoms with Crippen LogP contribution >= 0.6 is 0 Å². The highest BCUT2D eigenvalue weighted by Crippen LogP contribution is 2.39. The van der Waals surface area contributed by atoms with Crippen molar-refractivity contribution >= 4 is 0 Å². The number of hydrogen-bond donors (Lipinski definition) is 1. The Morgan fingerprint density at radius 1 is 1.61 bits per heavy atom. The molecule has 0 bridgehead atoms. The van der Waals surface area contributed by atoms with Crippen molar-refractivity contribution in [3.8, 4) is 5.75 Å². The normalized spacial score (nSPS) is 29.5. The summed E-state index contributed by atoms with van der Waals surface area (Å²) in [6, 6.07) is 0.355. The Hall–Kier alpha value is -1.07. The van der Waals surface area contributed by atoms with Crippen LogP contribution < -0.4 is 4.74 Å². The summed E-state index contributed by atoms with van der Waals surface area (Å²) in [5.41, 5.74) is -0.00324. The SMILES string of the molecule is CCn1ncc(OC)c1C1(O)CCN(C)C(C)C1. The third-order valence-electron chi connectivity index (χ3n) is 4.03. The maximum absolute atomic E-state index is 11.0. The summed E-state index contributed by atoms with van der Waals surface area (Å²) in [7, 11) is 3.72. The summed E-state index contributed by atoms with van der Waals surface area (Å²) in [5, 5.41) is 15.3. The van der Waals surface area contributed by atoms with Gasteiger partial charge >= 0.3 is 0 Å². The largest absolute Gasteiger partial charge is 0.493 e. The highest BCUT2D eigenvalue weighted by atomic mass is 16.5. The molecule has 5 nitrogen and oxygen atoms in total. The molecule has 1 aliphatic heterocycles. The van der Waals surface area contributed by atoms with Gasteiger partial charge in [-0.1, -0.05) is 0 Å². The number of ether oxygens (including phenoxy) is 1. The first-order valence-electron chi connectivity index (χ1n) is 6.54. The number of piperidine rings is 1. The third kappa shape index (κ3) is 2.12. The van der Waals surface area contributed by atoms with E-state index < -0.39 is 5.60 Å². The summed E-state index contributed by atoms with van der Waals surface area (Å²) in [6.45, 7) is 5.79. The molecule has 102 valence electrons. The van der Waals surface area contributed by atoms with E-state index >= 15 is 0 Å². The number of aryl methyl sites for hydroxylation is 1. The van der Waals surface area contributed by atoms with Gasteiger partial charge in [0.25, 0.3) is 0 Å². The van der Waals surface area contributed by atoms with Gasteiger partial charge in [0.1, 0.15) is 11.3 Å². The highest BCUT2D eigenvalue weighted by molar-refractivity contribution is 5.31. The van der Waals surface area contributed by atoms with Crippen LogP contribution in [0.4, 0.5) is 0 Å². The molecule has 1 saturated heterocycles. The van der Waals surface area contributed by atoms with Crippen LogP contribution in [0.3, 0.4) is 0 Å². The predicted octanol–water partition coefficient (Wildman–Crippen LogP) is 1.21. The standard InChI is InChI=1S/C13H23N3O2/c1-5-16-12(11(18-4)9-14-16)13(17)6-7-15(3)10(2)8-13/h9-10,17H,5-8H2,1-4H3. The monoisotopic (exact) mass is 253 g/mol. The molecule has 2 rings (SSSR count). The Labute approximate surface area is 108 Å². The highest BCUT2D eigenvalue weighted by Gasteiger charge is 2.41. The number of methoxy groups -OCH3 is 1. The van der Waals surface area contributed by atoms with E-state index in [4.69, 9.17) is 4.74 Å². The lowest BCUT2D eigenvalue weighted by molar-refractivity contribution is -0.0484. The smallest absolute Gasteiger partial charge is 0.162 e. The zero-order valence-corrected chi connectivity index (χ0v) is 11.7. The lowest BCUT2D eigenvalue weighted by Crippen LogP contribution is -2.46. The first-order chi connectivity index (χ1) is 8.51. The van der Waals surface area contributed by atoms with Crippen LogP contribution in [-0.4, -0.2) is 46.5 Å². The number of aliphatic hydroxyl groups is 1. The van der Waals surface area contributed by atoms with E-state index in [2.05, 4.69) is 24.0 Å². The molecular weight excluding hydrogens is 230 g/mol. The Morgan fingerprint density at radius 3 is 2.89 bits per heavy atom. The Kier molecular flexibility index (Phi) is 3.64. The molecule has 2 heterocycles. The Balaban J connectivity index is 2.37. The molecule has 2 atom stereocenters. The number of likely N-dealkylation sites (tertiary alicyclic amines) is 1. The minimum Gasteiger partial charge on any atom is -0.493 e. The average molecular weight is 253 g/mol. The lowest BCUT2D eigenvalue weighted by atomic mass is 9.84. The molecule has 0 amide bonds. The maximum atomic E-state index is 11.0. The summed E-state index contributed by atoms with van der Waals surface area (Å²) in [5.74, 6) is 0.691. The topological polar surface area (TPSA) is 50.5 Å². The fourth-order valence-corrected chi connectivity index (χ4v) is 2.77. The minimum absolute atomic E-state index is 0.355. The van der Waals surface area contributed by atoms with E-state index in [1.807, 2.05) is 11.6 Å². The van der Waals surface area contributed by atoms with Crippen molar-refractivity contribution in [3.63, 3.8) is 0 Å². The maximum Gasteiger partial charge on any atom is 0.162 e. The molecular formula is C13H23N3O2. The molecule has 1 aliphatic rings. The van der Waals surface area contributed by atoms with E-state index in [0.29, 0.717) is 18.2 Å². The van der Waals surface area contributed by atoms with Crippen molar-refractivity contribution in [1.29, 1.82) is 0 Å². The lowest BCUT2D eigenvalue weighted by Gasteiger charge is -2.41. The molecule has 0 aliphatic carbocycles. The van der Waals surface area contributed by atoms with Gasteiger partial charge in [-0.25, -0.2) is 0 Å². The molecule has 0 radical (unpaired) electrons. The van der Waals surface area contributed by atoms with E-state index in [1.165, 1.54) is 0 Å². The van der Waals surface area contributed by atoms with Gasteiger partial charge in [-0.05, 0) is 33.7 Å². The van der Waals surface area contributed by atoms with Crippen LogP contribution in [0.5, 0.6) is 5.75 Å². The summed E-state index contributed by atoms with van der Waals surface area (Å²) in [4.78, 5) is 2.27. The van der Waals surface area contributed by atoms with Gasteiger partial charge in [-0.15, -0.1) is 0 Å². The quantitative estimate of drug-likeness (QED) is 0.880. The molecule has 1 N–H and O–H groups in total. The van der Waals surface area contributed by atoms with Gasteiger partial charge in [0, 0.05) is 19.1 Å². The van der Waals surface area contributed by atoms with E-state index in [9.17, 15) is 5.11 Å². The van der Waals surface area contributed by atoms with Gasteiger partial charge in [0.2, 0.25) is 0 Å². The summed E-state index contributed by atoms with van der Waals surface area (Å²) in [6.07, 6.45) is 3.13. The number of hydrogen-bond acceptors (Lipinski definition) is 4.